The largest absolute Gasteiger partial charge is 0.414 e. The van der Waals surface area contributed by atoms with Crippen LogP contribution in [0.25, 0.3) is 0 Å². The van der Waals surface area contributed by atoms with E-state index in [0.717, 1.165) is 24.4 Å². The number of rotatable bonds is 4. The number of H-pyrrole nitrogens is 1. The fourth-order valence-electron chi connectivity index (χ4n) is 1.48. The molecule has 21 heavy (non-hydrogen) atoms. The van der Waals surface area contributed by atoms with Crippen molar-refractivity contribution < 1.29 is 23.8 Å². The summed E-state index contributed by atoms with van der Waals surface area (Å²) >= 11 is 0. The van der Waals surface area contributed by atoms with E-state index in [1.165, 1.54) is 0 Å². The third kappa shape index (κ3) is 3.00. The number of halogens is 1. The van der Waals surface area contributed by atoms with Crippen LogP contribution in [0.3, 0.4) is 0 Å². The van der Waals surface area contributed by atoms with Gasteiger partial charge in [-0.1, -0.05) is 0 Å². The van der Waals surface area contributed by atoms with Gasteiger partial charge in [0.15, 0.2) is 0 Å². The summed E-state index contributed by atoms with van der Waals surface area (Å²) in [4.78, 5) is 33.6. The van der Waals surface area contributed by atoms with E-state index in [1.807, 2.05) is 0 Å². The van der Waals surface area contributed by atoms with Crippen molar-refractivity contribution in [1.82, 2.24) is 4.98 Å². The minimum absolute atomic E-state index is 0.291. The van der Waals surface area contributed by atoms with Crippen LogP contribution in [0.15, 0.2) is 30.5 Å². The van der Waals surface area contributed by atoms with Crippen LogP contribution in [-0.2, 0) is 0 Å². The standard InChI is InChI=1S/C11H6FN3O6/c12-6-1-2-9(15(19)20)10(3-6)21-11(16)8-4-7(5-13-8)14(17)18/h1-5,13H. The Morgan fingerprint density at radius 1 is 1.19 bits per heavy atom. The molecule has 0 aliphatic rings. The number of aromatic amines is 1. The number of benzene rings is 1. The van der Waals surface area contributed by atoms with Crippen molar-refractivity contribution in [2.75, 3.05) is 0 Å². The number of nitro benzene ring substituents is 1. The monoisotopic (exact) mass is 295 g/mol. The van der Waals surface area contributed by atoms with Gasteiger partial charge in [-0.15, -0.1) is 0 Å². The lowest BCUT2D eigenvalue weighted by Gasteiger charge is -2.03. The Bertz CT molecular complexity index is 741. The highest BCUT2D eigenvalue weighted by Gasteiger charge is 2.22. The van der Waals surface area contributed by atoms with Crippen LogP contribution in [0.1, 0.15) is 10.5 Å². The summed E-state index contributed by atoms with van der Waals surface area (Å²) in [5, 5.41) is 21.2. The van der Waals surface area contributed by atoms with Crippen molar-refractivity contribution in [3.8, 4) is 5.75 Å². The van der Waals surface area contributed by atoms with E-state index in [1.54, 1.807) is 0 Å². The molecule has 0 fully saturated rings. The first kappa shape index (κ1) is 14.1. The summed E-state index contributed by atoms with van der Waals surface area (Å²) in [7, 11) is 0. The molecule has 1 aromatic heterocycles. The normalized spacial score (nSPS) is 10.1. The van der Waals surface area contributed by atoms with E-state index < -0.39 is 33.1 Å². The molecule has 0 amide bonds. The molecule has 1 aromatic carbocycles. The summed E-state index contributed by atoms with van der Waals surface area (Å²) in [6, 6.07) is 3.25. The molecular formula is C11H6FN3O6. The van der Waals surface area contributed by atoms with Gasteiger partial charge in [-0.05, 0) is 6.07 Å². The van der Waals surface area contributed by atoms with Gasteiger partial charge >= 0.3 is 11.7 Å². The van der Waals surface area contributed by atoms with Gasteiger partial charge in [0.05, 0.1) is 16.0 Å². The molecular weight excluding hydrogens is 289 g/mol. The summed E-state index contributed by atoms with van der Waals surface area (Å²) in [6.07, 6.45) is 0.955. The minimum Gasteiger partial charge on any atom is -0.414 e. The highest BCUT2D eigenvalue weighted by atomic mass is 19.1. The first-order valence-corrected chi connectivity index (χ1v) is 5.37. The number of nitrogens with one attached hydrogen (secondary N) is 1. The molecule has 0 saturated carbocycles. The maximum Gasteiger partial charge on any atom is 0.360 e. The van der Waals surface area contributed by atoms with Gasteiger partial charge in [-0.25, -0.2) is 9.18 Å². The molecule has 0 bridgehead atoms. The maximum atomic E-state index is 13.1. The second-order valence-electron chi connectivity index (χ2n) is 3.79. The summed E-state index contributed by atoms with van der Waals surface area (Å²) in [6.45, 7) is 0. The molecule has 2 rings (SSSR count). The van der Waals surface area contributed by atoms with Crippen LogP contribution < -0.4 is 4.74 Å². The first-order chi connectivity index (χ1) is 9.88. The van der Waals surface area contributed by atoms with Crippen LogP contribution in [0, 0.1) is 26.0 Å². The predicted molar refractivity (Wildman–Crippen MR) is 65.5 cm³/mol. The average Bonchev–Trinajstić information content (AvgIpc) is 2.88. The van der Waals surface area contributed by atoms with Crippen LogP contribution in [0.2, 0.25) is 0 Å². The number of aromatic nitrogens is 1. The van der Waals surface area contributed by atoms with Crippen LogP contribution in [0.4, 0.5) is 15.8 Å². The number of hydrogen-bond donors (Lipinski definition) is 1. The van der Waals surface area contributed by atoms with Gasteiger partial charge in [0.25, 0.3) is 5.69 Å². The molecule has 0 atom stereocenters. The number of carbonyl (C=O) groups excluding carboxylic acids is 1. The van der Waals surface area contributed by atoms with Crippen molar-refractivity contribution in [3.05, 3.63) is 62.2 Å². The van der Waals surface area contributed by atoms with Crippen molar-refractivity contribution in [3.63, 3.8) is 0 Å². The van der Waals surface area contributed by atoms with Gasteiger partial charge in [-0.3, -0.25) is 20.2 Å². The highest BCUT2D eigenvalue weighted by Crippen LogP contribution is 2.28. The molecule has 0 aliphatic carbocycles. The number of esters is 1. The van der Waals surface area contributed by atoms with Crippen LogP contribution in [-0.4, -0.2) is 20.8 Å². The molecule has 9 nitrogen and oxygen atoms in total. The SMILES string of the molecule is O=C(Oc1cc(F)ccc1[N+](=O)[O-])c1cc([N+](=O)[O-])c[nH]1. The van der Waals surface area contributed by atoms with E-state index in [2.05, 4.69) is 4.98 Å². The topological polar surface area (TPSA) is 128 Å². The zero-order chi connectivity index (χ0) is 15.6. The van der Waals surface area contributed by atoms with Gasteiger partial charge in [0.2, 0.25) is 5.75 Å². The number of nitro groups is 2. The molecule has 1 heterocycles. The fraction of sp³-hybridized carbons (Fsp3) is 0. The molecule has 1 N–H and O–H groups in total. The van der Waals surface area contributed by atoms with Crippen molar-refractivity contribution in [1.29, 1.82) is 0 Å². The average molecular weight is 295 g/mol. The molecule has 108 valence electrons. The molecule has 0 saturated heterocycles. The number of nitrogens with zero attached hydrogens (tertiary/aromatic N) is 2. The van der Waals surface area contributed by atoms with Gasteiger partial charge in [0.1, 0.15) is 11.5 Å². The number of hydrogen-bond acceptors (Lipinski definition) is 6. The predicted octanol–water partition coefficient (Wildman–Crippen LogP) is 2.19. The number of carbonyl (C=O) groups is 1. The second kappa shape index (κ2) is 5.36. The molecule has 0 spiro atoms. The summed E-state index contributed by atoms with van der Waals surface area (Å²) in [5.74, 6) is -2.54. The van der Waals surface area contributed by atoms with Crippen molar-refractivity contribution >= 4 is 17.3 Å². The van der Waals surface area contributed by atoms with Crippen molar-refractivity contribution in [2.24, 2.45) is 0 Å². The third-order valence-corrected chi connectivity index (χ3v) is 2.42. The Morgan fingerprint density at radius 3 is 2.48 bits per heavy atom. The Balaban J connectivity index is 2.28. The van der Waals surface area contributed by atoms with Crippen LogP contribution in [0.5, 0.6) is 5.75 Å². The fourth-order valence-corrected chi connectivity index (χ4v) is 1.48. The molecule has 0 aliphatic heterocycles. The van der Waals surface area contributed by atoms with E-state index >= 15 is 0 Å². The molecule has 2 aromatic rings. The Labute approximate surface area is 115 Å². The van der Waals surface area contributed by atoms with E-state index in [9.17, 15) is 29.4 Å². The Kier molecular flexibility index (Phi) is 3.61. The smallest absolute Gasteiger partial charge is 0.360 e. The Hall–Kier alpha value is -3.30. The lowest BCUT2D eigenvalue weighted by Crippen LogP contribution is -2.10. The summed E-state index contributed by atoms with van der Waals surface area (Å²) < 4.78 is 17.8. The lowest BCUT2D eigenvalue weighted by atomic mass is 10.3. The molecule has 10 heteroatoms. The zero-order valence-corrected chi connectivity index (χ0v) is 10.1. The molecule has 0 radical (unpaired) electrons. The lowest BCUT2D eigenvalue weighted by molar-refractivity contribution is -0.385. The zero-order valence-electron chi connectivity index (χ0n) is 10.1. The van der Waals surface area contributed by atoms with Gasteiger partial charge in [-0.2, -0.15) is 0 Å². The second-order valence-corrected chi connectivity index (χ2v) is 3.79. The molecule has 0 unspecified atom stereocenters. The highest BCUT2D eigenvalue weighted by molar-refractivity contribution is 5.90. The summed E-state index contributed by atoms with van der Waals surface area (Å²) in [5.41, 5.74) is -1.28. The quantitative estimate of drug-likeness (QED) is 0.398. The van der Waals surface area contributed by atoms with Gasteiger partial charge in [0, 0.05) is 18.2 Å². The van der Waals surface area contributed by atoms with E-state index in [-0.39, 0.29) is 11.4 Å². The van der Waals surface area contributed by atoms with E-state index in [0.29, 0.717) is 6.07 Å². The minimum atomic E-state index is -1.11. The Morgan fingerprint density at radius 2 is 1.90 bits per heavy atom. The maximum absolute atomic E-state index is 13.1. The van der Waals surface area contributed by atoms with Crippen molar-refractivity contribution in [2.45, 2.75) is 0 Å². The third-order valence-electron chi connectivity index (χ3n) is 2.42. The van der Waals surface area contributed by atoms with Gasteiger partial charge < -0.3 is 9.72 Å². The first-order valence-electron chi connectivity index (χ1n) is 5.37. The van der Waals surface area contributed by atoms with Crippen LogP contribution >= 0.6 is 0 Å². The van der Waals surface area contributed by atoms with E-state index in [4.69, 9.17) is 4.74 Å². The number of ether oxygens (including phenoxy) is 1.